The van der Waals surface area contributed by atoms with Gasteiger partial charge in [0.1, 0.15) is 12.4 Å². The number of carbonyl (C=O) groups excluding carboxylic acids is 1. The van der Waals surface area contributed by atoms with E-state index >= 15 is 0 Å². The number of aromatic nitrogens is 1. The van der Waals surface area contributed by atoms with Crippen LogP contribution in [0.15, 0.2) is 35.5 Å². The predicted molar refractivity (Wildman–Crippen MR) is 121 cm³/mol. The third-order valence-corrected chi connectivity index (χ3v) is 6.67. The number of hydrogen-bond acceptors (Lipinski definition) is 6. The number of ether oxygens (including phenoxy) is 2. The van der Waals surface area contributed by atoms with Crippen LogP contribution < -0.4 is 10.6 Å². The second kappa shape index (κ2) is 7.38. The number of esters is 1. The highest BCUT2D eigenvalue weighted by molar-refractivity contribution is 5.98. The molecular formula is C25H29N3O3. The van der Waals surface area contributed by atoms with Crippen LogP contribution in [0.5, 0.6) is 0 Å². The van der Waals surface area contributed by atoms with Crippen molar-refractivity contribution in [1.29, 1.82) is 0 Å². The Hall–Kier alpha value is -2.86. The number of nitrogens with zero attached hydrogens (tertiary/aromatic N) is 1. The topological polar surface area (TPSA) is 72.5 Å². The second-order valence-corrected chi connectivity index (χ2v) is 9.45. The minimum absolute atomic E-state index is 0.207. The van der Waals surface area contributed by atoms with Gasteiger partial charge < -0.3 is 20.1 Å². The Morgan fingerprint density at radius 2 is 2.03 bits per heavy atom. The zero-order valence-electron chi connectivity index (χ0n) is 18.6. The van der Waals surface area contributed by atoms with Gasteiger partial charge in [-0.2, -0.15) is 0 Å². The number of hydrogen-bond donors (Lipinski definition) is 2. The molecule has 162 valence electrons. The summed E-state index contributed by atoms with van der Waals surface area (Å²) in [5.74, 6) is 0.339. The summed E-state index contributed by atoms with van der Waals surface area (Å²) in [6, 6.07) is 8.23. The van der Waals surface area contributed by atoms with Gasteiger partial charge in [-0.25, -0.2) is 9.78 Å². The molecule has 6 heteroatoms. The second-order valence-electron chi connectivity index (χ2n) is 9.45. The van der Waals surface area contributed by atoms with E-state index in [1.54, 1.807) is 7.11 Å². The molecule has 3 aliphatic rings. The van der Waals surface area contributed by atoms with Crippen LogP contribution in [0.25, 0.3) is 0 Å². The molecule has 5 rings (SSSR count). The molecule has 0 saturated heterocycles. The average Bonchev–Trinajstić information content (AvgIpc) is 2.74. The van der Waals surface area contributed by atoms with Gasteiger partial charge in [-0.1, -0.05) is 32.0 Å². The molecule has 3 heterocycles. The maximum Gasteiger partial charge on any atom is 0.336 e. The number of aryl methyl sites for hydroxylation is 1. The first-order chi connectivity index (χ1) is 14.9. The molecule has 1 aromatic heterocycles. The van der Waals surface area contributed by atoms with Gasteiger partial charge in [0, 0.05) is 29.8 Å². The Labute approximate surface area is 183 Å². The molecule has 1 aromatic carbocycles. The van der Waals surface area contributed by atoms with Crippen LogP contribution >= 0.6 is 0 Å². The molecule has 6 nitrogen and oxygen atoms in total. The monoisotopic (exact) mass is 419 g/mol. The van der Waals surface area contributed by atoms with Crippen LogP contribution in [0.1, 0.15) is 55.5 Å². The largest absolute Gasteiger partial charge is 0.460 e. The molecule has 0 radical (unpaired) electrons. The van der Waals surface area contributed by atoms with Gasteiger partial charge in [-0.15, -0.1) is 0 Å². The Balaban J connectivity index is 1.68. The summed E-state index contributed by atoms with van der Waals surface area (Å²) in [4.78, 5) is 18.2. The average molecular weight is 420 g/mol. The molecule has 2 N–H and O–H groups in total. The molecule has 0 spiro atoms. The molecule has 0 saturated carbocycles. The van der Waals surface area contributed by atoms with E-state index in [4.69, 9.17) is 14.5 Å². The maximum absolute atomic E-state index is 13.2. The number of rotatable bonds is 4. The minimum Gasteiger partial charge on any atom is -0.460 e. The third kappa shape index (κ3) is 3.30. The van der Waals surface area contributed by atoms with Crippen molar-refractivity contribution in [3.63, 3.8) is 0 Å². The fourth-order valence-electron chi connectivity index (χ4n) is 5.11. The number of allylic oxidation sites excluding steroid dienone is 1. The van der Waals surface area contributed by atoms with Gasteiger partial charge in [0.25, 0.3) is 0 Å². The lowest BCUT2D eigenvalue weighted by Crippen LogP contribution is -2.32. The Morgan fingerprint density at radius 1 is 1.23 bits per heavy atom. The number of carbonyl (C=O) groups is 1. The van der Waals surface area contributed by atoms with Gasteiger partial charge in [0.2, 0.25) is 0 Å². The van der Waals surface area contributed by atoms with Crippen molar-refractivity contribution in [2.45, 2.75) is 46.0 Å². The van der Waals surface area contributed by atoms with Crippen molar-refractivity contribution in [2.24, 2.45) is 5.41 Å². The van der Waals surface area contributed by atoms with E-state index in [0.717, 1.165) is 59.0 Å². The molecular weight excluding hydrogens is 390 g/mol. The van der Waals surface area contributed by atoms with Crippen LogP contribution in [-0.4, -0.2) is 31.3 Å². The number of anilines is 3. The molecule has 0 amide bonds. The SMILES string of the molecule is COCCOC(=O)C1=C(C)Nc2nc3c(c4c2C1c1ccccc1N4)CC(C)(C)CC3. The van der Waals surface area contributed by atoms with Crippen LogP contribution in [0.2, 0.25) is 0 Å². The normalized spacial score (nSPS) is 20.1. The van der Waals surface area contributed by atoms with Crippen molar-refractivity contribution in [1.82, 2.24) is 4.98 Å². The highest BCUT2D eigenvalue weighted by Crippen LogP contribution is 2.54. The number of pyridine rings is 1. The van der Waals surface area contributed by atoms with Crippen molar-refractivity contribution in [3.8, 4) is 0 Å². The summed E-state index contributed by atoms with van der Waals surface area (Å²) >= 11 is 0. The lowest BCUT2D eigenvalue weighted by molar-refractivity contribution is -0.140. The number of fused-ring (bicyclic) bond motifs is 4. The van der Waals surface area contributed by atoms with E-state index in [2.05, 4.69) is 36.6 Å². The van der Waals surface area contributed by atoms with Crippen LogP contribution in [0.3, 0.4) is 0 Å². The number of methoxy groups -OCH3 is 1. The first-order valence-electron chi connectivity index (χ1n) is 10.9. The van der Waals surface area contributed by atoms with Gasteiger partial charge in [-0.3, -0.25) is 0 Å². The highest BCUT2D eigenvalue weighted by Gasteiger charge is 2.42. The van der Waals surface area contributed by atoms with E-state index in [-0.39, 0.29) is 23.9 Å². The lowest BCUT2D eigenvalue weighted by atomic mass is 9.72. The van der Waals surface area contributed by atoms with Gasteiger partial charge in [-0.05, 0) is 48.8 Å². The molecule has 1 aliphatic carbocycles. The molecule has 2 aliphatic heterocycles. The molecule has 0 fully saturated rings. The fourth-order valence-corrected chi connectivity index (χ4v) is 5.11. The third-order valence-electron chi connectivity index (χ3n) is 6.67. The van der Waals surface area contributed by atoms with E-state index in [1.165, 1.54) is 5.56 Å². The predicted octanol–water partition coefficient (Wildman–Crippen LogP) is 4.67. The zero-order chi connectivity index (χ0) is 21.8. The Bertz CT molecular complexity index is 1100. The summed E-state index contributed by atoms with van der Waals surface area (Å²) < 4.78 is 10.6. The summed E-state index contributed by atoms with van der Waals surface area (Å²) in [7, 11) is 1.60. The van der Waals surface area contributed by atoms with Gasteiger partial charge in [0.05, 0.1) is 23.8 Å². The van der Waals surface area contributed by atoms with Crippen LogP contribution in [0.4, 0.5) is 17.2 Å². The molecule has 2 aromatic rings. The van der Waals surface area contributed by atoms with Crippen molar-refractivity contribution < 1.29 is 14.3 Å². The zero-order valence-corrected chi connectivity index (χ0v) is 18.6. The number of nitrogens with one attached hydrogen (secondary N) is 2. The van der Waals surface area contributed by atoms with E-state index < -0.39 is 0 Å². The Morgan fingerprint density at radius 3 is 2.84 bits per heavy atom. The molecule has 31 heavy (non-hydrogen) atoms. The van der Waals surface area contributed by atoms with Crippen molar-refractivity contribution >= 4 is 23.2 Å². The first kappa shape index (κ1) is 20.1. The molecule has 1 atom stereocenters. The van der Waals surface area contributed by atoms with E-state index in [1.807, 2.05) is 19.1 Å². The lowest BCUT2D eigenvalue weighted by Gasteiger charge is -2.40. The summed E-state index contributed by atoms with van der Waals surface area (Å²) in [5, 5.41) is 7.12. The molecule has 0 bridgehead atoms. The first-order valence-corrected chi connectivity index (χ1v) is 10.9. The Kier molecular flexibility index (Phi) is 4.77. The highest BCUT2D eigenvalue weighted by atomic mass is 16.6. The quantitative estimate of drug-likeness (QED) is 0.554. The standard InChI is InChI=1S/C25H29N3O3/c1-14-19(24(29)31-12-11-30-4)20-15-7-5-6-8-17(15)27-22-16-13-25(2,3)10-9-18(16)28-23(26-14)21(20)22/h5-8,20,27H,9-13H2,1-4H3,(H,26,28). The summed E-state index contributed by atoms with van der Waals surface area (Å²) in [6.45, 7) is 7.17. The van der Waals surface area contributed by atoms with Crippen molar-refractivity contribution in [2.75, 3.05) is 31.0 Å². The smallest absolute Gasteiger partial charge is 0.336 e. The molecule has 1 unspecified atom stereocenters. The summed E-state index contributed by atoms with van der Waals surface area (Å²) in [5.41, 5.74) is 8.39. The minimum atomic E-state index is -0.307. The van der Waals surface area contributed by atoms with Crippen LogP contribution in [0, 0.1) is 5.41 Å². The van der Waals surface area contributed by atoms with Crippen molar-refractivity contribution in [3.05, 3.63) is 57.9 Å². The fraction of sp³-hybridized carbons (Fsp3) is 0.440. The van der Waals surface area contributed by atoms with Gasteiger partial charge in [0.15, 0.2) is 0 Å². The number of benzene rings is 1. The number of para-hydroxylation sites is 1. The van der Waals surface area contributed by atoms with Gasteiger partial charge >= 0.3 is 5.97 Å². The summed E-state index contributed by atoms with van der Waals surface area (Å²) in [6.07, 6.45) is 3.06. The van der Waals surface area contributed by atoms with E-state index in [9.17, 15) is 4.79 Å². The van der Waals surface area contributed by atoms with Crippen LogP contribution in [-0.2, 0) is 27.1 Å². The maximum atomic E-state index is 13.2. The van der Waals surface area contributed by atoms with E-state index in [0.29, 0.717) is 12.2 Å².